The van der Waals surface area contributed by atoms with Gasteiger partial charge in [-0.1, -0.05) is 19.9 Å². The topological polar surface area (TPSA) is 21.3 Å². The molecule has 0 aromatic heterocycles. The minimum absolute atomic E-state index is 0.00241. The Morgan fingerprint density at radius 1 is 1.47 bits per heavy atom. The van der Waals surface area contributed by atoms with E-state index in [2.05, 4.69) is 35.1 Å². The number of ether oxygens (including phenoxy) is 1. The smallest absolute Gasteiger partial charge is 0.137 e. The maximum atomic E-state index is 13.7. The lowest BCUT2D eigenvalue weighted by Crippen LogP contribution is -2.35. The van der Waals surface area contributed by atoms with Gasteiger partial charge in [-0.05, 0) is 46.5 Å². The average Bonchev–Trinajstić information content (AvgIpc) is 2.40. The first kappa shape index (κ1) is 14.9. The molecule has 2 rings (SSSR count). The molecule has 2 unspecified atom stereocenters. The van der Waals surface area contributed by atoms with Crippen LogP contribution in [0, 0.1) is 11.7 Å². The molecule has 2 nitrogen and oxygen atoms in total. The normalized spacial score (nSPS) is 23.8. The highest BCUT2D eigenvalue weighted by atomic mass is 79.9. The summed E-state index contributed by atoms with van der Waals surface area (Å²) in [6.45, 7) is 5.95. The summed E-state index contributed by atoms with van der Waals surface area (Å²) in [6.07, 6.45) is 2.21. The summed E-state index contributed by atoms with van der Waals surface area (Å²) in [4.78, 5) is 0. The van der Waals surface area contributed by atoms with Gasteiger partial charge in [-0.25, -0.2) is 4.39 Å². The van der Waals surface area contributed by atoms with E-state index in [0.717, 1.165) is 31.6 Å². The fourth-order valence-corrected chi connectivity index (χ4v) is 2.74. The Hall–Kier alpha value is -0.450. The standard InChI is InChI=1S/C15H21BrFNO/c1-10(2)18-9-12-4-3-7-19-15(12)11-5-6-13(16)14(17)8-11/h5-6,8,10,12,15,18H,3-4,7,9H2,1-2H3. The predicted octanol–water partition coefficient (Wildman–Crippen LogP) is 4.05. The molecule has 0 radical (unpaired) electrons. The molecule has 1 N–H and O–H groups in total. The summed E-state index contributed by atoms with van der Waals surface area (Å²) < 4.78 is 20.0. The van der Waals surface area contributed by atoms with Crippen molar-refractivity contribution in [3.8, 4) is 0 Å². The Balaban J connectivity index is 2.11. The largest absolute Gasteiger partial charge is 0.373 e. The molecule has 1 fully saturated rings. The number of nitrogens with one attached hydrogen (secondary N) is 1. The zero-order chi connectivity index (χ0) is 13.8. The third-order valence-electron chi connectivity index (χ3n) is 3.51. The van der Waals surface area contributed by atoms with E-state index in [-0.39, 0.29) is 11.9 Å². The first-order valence-electron chi connectivity index (χ1n) is 6.88. The van der Waals surface area contributed by atoms with Crippen LogP contribution in [0.5, 0.6) is 0 Å². The molecular weight excluding hydrogens is 309 g/mol. The van der Waals surface area contributed by atoms with Crippen LogP contribution in [-0.4, -0.2) is 19.2 Å². The van der Waals surface area contributed by atoms with Crippen LogP contribution in [0.4, 0.5) is 4.39 Å². The number of rotatable bonds is 4. The number of hydrogen-bond donors (Lipinski definition) is 1. The molecule has 0 aliphatic carbocycles. The summed E-state index contributed by atoms with van der Waals surface area (Å²) in [5, 5.41) is 3.46. The van der Waals surface area contributed by atoms with Gasteiger partial charge in [0.1, 0.15) is 5.82 Å². The van der Waals surface area contributed by atoms with E-state index >= 15 is 0 Å². The molecule has 19 heavy (non-hydrogen) atoms. The first-order chi connectivity index (χ1) is 9.08. The van der Waals surface area contributed by atoms with Crippen molar-refractivity contribution in [3.05, 3.63) is 34.1 Å². The zero-order valence-electron chi connectivity index (χ0n) is 11.5. The monoisotopic (exact) mass is 329 g/mol. The van der Waals surface area contributed by atoms with Gasteiger partial charge in [-0.15, -0.1) is 0 Å². The molecule has 1 saturated heterocycles. The van der Waals surface area contributed by atoms with Gasteiger partial charge in [-0.2, -0.15) is 0 Å². The fourth-order valence-electron chi connectivity index (χ4n) is 2.50. The van der Waals surface area contributed by atoms with E-state index in [0.29, 0.717) is 16.4 Å². The van der Waals surface area contributed by atoms with Gasteiger partial charge in [0.05, 0.1) is 10.6 Å². The second-order valence-electron chi connectivity index (χ2n) is 5.43. The molecule has 106 valence electrons. The minimum Gasteiger partial charge on any atom is -0.373 e. The van der Waals surface area contributed by atoms with Gasteiger partial charge in [0.25, 0.3) is 0 Å². The summed E-state index contributed by atoms with van der Waals surface area (Å²) in [7, 11) is 0. The van der Waals surface area contributed by atoms with Crippen molar-refractivity contribution in [2.24, 2.45) is 5.92 Å². The maximum absolute atomic E-state index is 13.7. The number of benzene rings is 1. The molecular formula is C15H21BrFNO. The van der Waals surface area contributed by atoms with Gasteiger partial charge >= 0.3 is 0 Å². The molecule has 4 heteroatoms. The lowest BCUT2D eigenvalue weighted by Gasteiger charge is -2.33. The van der Waals surface area contributed by atoms with E-state index < -0.39 is 0 Å². The molecule has 2 atom stereocenters. The van der Waals surface area contributed by atoms with Crippen molar-refractivity contribution in [3.63, 3.8) is 0 Å². The van der Waals surface area contributed by atoms with Gasteiger partial charge in [0.2, 0.25) is 0 Å². The third kappa shape index (κ3) is 4.01. The number of hydrogen-bond acceptors (Lipinski definition) is 2. The molecule has 1 aromatic carbocycles. The second-order valence-corrected chi connectivity index (χ2v) is 6.28. The van der Waals surface area contributed by atoms with Crippen molar-refractivity contribution in [1.29, 1.82) is 0 Å². The Morgan fingerprint density at radius 2 is 2.26 bits per heavy atom. The molecule has 1 heterocycles. The van der Waals surface area contributed by atoms with Crippen LogP contribution in [0.1, 0.15) is 38.4 Å². The van der Waals surface area contributed by atoms with E-state index in [1.54, 1.807) is 12.1 Å². The molecule has 1 aromatic rings. The van der Waals surface area contributed by atoms with Crippen molar-refractivity contribution in [2.45, 2.75) is 38.8 Å². The van der Waals surface area contributed by atoms with Crippen LogP contribution in [0.25, 0.3) is 0 Å². The Kier molecular flexibility index (Phi) is 5.37. The van der Waals surface area contributed by atoms with E-state index in [9.17, 15) is 4.39 Å². The fraction of sp³-hybridized carbons (Fsp3) is 0.600. The van der Waals surface area contributed by atoms with Crippen LogP contribution in [-0.2, 0) is 4.74 Å². The van der Waals surface area contributed by atoms with Gasteiger partial charge in [-0.3, -0.25) is 0 Å². The van der Waals surface area contributed by atoms with Crippen molar-refractivity contribution < 1.29 is 9.13 Å². The van der Waals surface area contributed by atoms with Crippen LogP contribution >= 0.6 is 15.9 Å². The summed E-state index contributed by atoms with van der Waals surface area (Å²) in [5.41, 5.74) is 0.941. The maximum Gasteiger partial charge on any atom is 0.137 e. The summed E-state index contributed by atoms with van der Waals surface area (Å²) >= 11 is 3.19. The van der Waals surface area contributed by atoms with Crippen LogP contribution in [0.15, 0.2) is 22.7 Å². The van der Waals surface area contributed by atoms with Crippen molar-refractivity contribution in [1.82, 2.24) is 5.32 Å². The predicted molar refractivity (Wildman–Crippen MR) is 78.7 cm³/mol. The first-order valence-corrected chi connectivity index (χ1v) is 7.67. The lowest BCUT2D eigenvalue weighted by atomic mass is 9.89. The molecule has 1 aliphatic rings. The summed E-state index contributed by atoms with van der Waals surface area (Å²) in [5.74, 6) is 0.193. The Labute approximate surface area is 122 Å². The van der Waals surface area contributed by atoms with Crippen LogP contribution in [0.2, 0.25) is 0 Å². The van der Waals surface area contributed by atoms with Gasteiger partial charge in [0, 0.05) is 25.1 Å². The van der Waals surface area contributed by atoms with E-state index in [4.69, 9.17) is 4.74 Å². The molecule has 0 amide bonds. The highest BCUT2D eigenvalue weighted by Gasteiger charge is 2.27. The molecule has 0 bridgehead atoms. The highest BCUT2D eigenvalue weighted by molar-refractivity contribution is 9.10. The lowest BCUT2D eigenvalue weighted by molar-refractivity contribution is -0.0283. The second kappa shape index (κ2) is 6.82. The zero-order valence-corrected chi connectivity index (χ0v) is 13.0. The number of halogens is 2. The SMILES string of the molecule is CC(C)NCC1CCCOC1c1ccc(Br)c(F)c1. The van der Waals surface area contributed by atoms with E-state index in [1.807, 2.05) is 6.07 Å². The van der Waals surface area contributed by atoms with Crippen LogP contribution in [0.3, 0.4) is 0 Å². The Morgan fingerprint density at radius 3 is 2.95 bits per heavy atom. The Bertz CT molecular complexity index is 425. The molecule has 1 aliphatic heterocycles. The van der Waals surface area contributed by atoms with Crippen molar-refractivity contribution in [2.75, 3.05) is 13.2 Å². The van der Waals surface area contributed by atoms with Gasteiger partial charge < -0.3 is 10.1 Å². The summed E-state index contributed by atoms with van der Waals surface area (Å²) in [6, 6.07) is 5.76. The van der Waals surface area contributed by atoms with E-state index in [1.165, 1.54) is 0 Å². The minimum atomic E-state index is -0.220. The molecule has 0 spiro atoms. The third-order valence-corrected chi connectivity index (χ3v) is 4.15. The van der Waals surface area contributed by atoms with Crippen LogP contribution < -0.4 is 5.32 Å². The van der Waals surface area contributed by atoms with Crippen molar-refractivity contribution >= 4 is 15.9 Å². The quantitative estimate of drug-likeness (QED) is 0.899. The highest BCUT2D eigenvalue weighted by Crippen LogP contribution is 2.34. The molecule has 0 saturated carbocycles. The average molecular weight is 330 g/mol. The van der Waals surface area contributed by atoms with Gasteiger partial charge in [0.15, 0.2) is 0 Å².